The van der Waals surface area contributed by atoms with E-state index in [9.17, 15) is 9.90 Å². The molecule has 0 aliphatic carbocycles. The Bertz CT molecular complexity index is 760. The summed E-state index contributed by atoms with van der Waals surface area (Å²) in [6, 6.07) is 15.3. The van der Waals surface area contributed by atoms with E-state index in [0.717, 1.165) is 21.8 Å². The minimum absolute atomic E-state index is 0.0732. The smallest absolute Gasteiger partial charge is 0.197 e. The highest BCUT2D eigenvalue weighted by Crippen LogP contribution is 2.20. The van der Waals surface area contributed by atoms with Crippen LogP contribution in [0.3, 0.4) is 0 Å². The molecule has 0 spiro atoms. The first-order valence-electron chi connectivity index (χ1n) is 6.83. The number of hydrogen-bond donors (Lipinski definition) is 1. The molecule has 0 saturated heterocycles. The number of fused-ring (bicyclic) bond motifs is 2. The lowest BCUT2D eigenvalue weighted by atomic mass is 10.1. The molecule has 0 radical (unpaired) electrons. The second kappa shape index (κ2) is 5.10. The number of benzene rings is 2. The monoisotopic (exact) mass is 267 g/mol. The van der Waals surface area contributed by atoms with E-state index in [2.05, 4.69) is 4.57 Å². The second-order valence-corrected chi connectivity index (χ2v) is 5.26. The van der Waals surface area contributed by atoms with Crippen LogP contribution < -0.4 is 5.43 Å². The van der Waals surface area contributed by atoms with Gasteiger partial charge in [-0.05, 0) is 30.2 Å². The van der Waals surface area contributed by atoms with Crippen LogP contribution in [-0.4, -0.2) is 16.3 Å². The predicted molar refractivity (Wildman–Crippen MR) is 82.0 cm³/mol. The number of hydrogen-bond acceptors (Lipinski definition) is 2. The van der Waals surface area contributed by atoms with Gasteiger partial charge in [-0.3, -0.25) is 4.79 Å². The zero-order valence-electron chi connectivity index (χ0n) is 11.4. The maximum atomic E-state index is 12.5. The van der Waals surface area contributed by atoms with Gasteiger partial charge in [-0.1, -0.05) is 31.2 Å². The molecule has 2 aromatic carbocycles. The quantitative estimate of drug-likeness (QED) is 0.741. The summed E-state index contributed by atoms with van der Waals surface area (Å²) in [5.41, 5.74) is 1.93. The van der Waals surface area contributed by atoms with Crippen LogP contribution in [0.5, 0.6) is 0 Å². The van der Waals surface area contributed by atoms with Crippen LogP contribution in [-0.2, 0) is 6.54 Å². The van der Waals surface area contributed by atoms with Crippen molar-refractivity contribution >= 4 is 21.8 Å². The Morgan fingerprint density at radius 1 is 1.00 bits per heavy atom. The van der Waals surface area contributed by atoms with Crippen molar-refractivity contribution in [1.82, 2.24) is 4.57 Å². The molecule has 3 heteroatoms. The highest BCUT2D eigenvalue weighted by molar-refractivity contribution is 5.93. The van der Waals surface area contributed by atoms with Crippen molar-refractivity contribution in [1.29, 1.82) is 0 Å². The Kier molecular flexibility index (Phi) is 3.28. The fourth-order valence-electron chi connectivity index (χ4n) is 2.64. The topological polar surface area (TPSA) is 42.2 Å². The van der Waals surface area contributed by atoms with Crippen LogP contribution in [0.15, 0.2) is 53.3 Å². The Hall–Kier alpha value is -2.13. The molecule has 0 fully saturated rings. The predicted octanol–water partition coefficient (Wildman–Crippen LogP) is 2.78. The van der Waals surface area contributed by atoms with E-state index >= 15 is 0 Å². The first kappa shape index (κ1) is 12.9. The van der Waals surface area contributed by atoms with E-state index in [1.54, 1.807) is 0 Å². The number of aromatic nitrogens is 1. The number of aliphatic hydroxyl groups excluding tert-OH is 1. The Labute approximate surface area is 117 Å². The summed E-state index contributed by atoms with van der Waals surface area (Å²) in [6.45, 7) is 2.83. The van der Waals surface area contributed by atoms with E-state index < -0.39 is 0 Å². The van der Waals surface area contributed by atoms with Crippen molar-refractivity contribution < 1.29 is 5.11 Å². The third-order valence-corrected chi connectivity index (χ3v) is 3.68. The minimum atomic E-state index is 0.0732. The molecule has 1 heterocycles. The van der Waals surface area contributed by atoms with Gasteiger partial charge in [-0.25, -0.2) is 0 Å². The van der Waals surface area contributed by atoms with Gasteiger partial charge < -0.3 is 9.67 Å². The highest BCUT2D eigenvalue weighted by Gasteiger charge is 2.11. The van der Waals surface area contributed by atoms with Crippen molar-refractivity contribution in [2.75, 3.05) is 6.61 Å². The summed E-state index contributed by atoms with van der Waals surface area (Å²) >= 11 is 0. The first-order chi connectivity index (χ1) is 9.72. The Morgan fingerprint density at radius 2 is 1.50 bits per heavy atom. The van der Waals surface area contributed by atoms with Crippen molar-refractivity contribution in [3.05, 3.63) is 58.8 Å². The third kappa shape index (κ3) is 2.00. The van der Waals surface area contributed by atoms with Crippen LogP contribution in [0.1, 0.15) is 6.92 Å². The summed E-state index contributed by atoms with van der Waals surface area (Å²) in [7, 11) is 0. The highest BCUT2D eigenvalue weighted by atomic mass is 16.3. The third-order valence-electron chi connectivity index (χ3n) is 3.68. The average Bonchev–Trinajstić information content (AvgIpc) is 2.51. The van der Waals surface area contributed by atoms with Gasteiger partial charge in [0.05, 0.1) is 11.0 Å². The van der Waals surface area contributed by atoms with Crippen molar-refractivity contribution in [3.63, 3.8) is 0 Å². The largest absolute Gasteiger partial charge is 0.396 e. The van der Waals surface area contributed by atoms with Crippen molar-refractivity contribution in [2.24, 2.45) is 5.92 Å². The first-order valence-corrected chi connectivity index (χ1v) is 6.83. The van der Waals surface area contributed by atoms with Gasteiger partial charge in [-0.2, -0.15) is 0 Å². The summed E-state index contributed by atoms with van der Waals surface area (Å²) in [6.07, 6.45) is 0. The Balaban J connectivity index is 2.43. The van der Waals surface area contributed by atoms with Crippen LogP contribution in [0, 0.1) is 5.92 Å². The SMILES string of the molecule is CC(CO)Cn1c2ccccc2c(=O)c2ccccc21. The molecule has 0 bridgehead atoms. The summed E-state index contributed by atoms with van der Waals surface area (Å²) in [5, 5.41) is 10.8. The van der Waals surface area contributed by atoms with E-state index in [1.807, 2.05) is 55.5 Å². The molecule has 1 unspecified atom stereocenters. The van der Waals surface area contributed by atoms with Crippen LogP contribution in [0.4, 0.5) is 0 Å². The van der Waals surface area contributed by atoms with Gasteiger partial charge in [0.2, 0.25) is 0 Å². The lowest BCUT2D eigenvalue weighted by Gasteiger charge is -2.17. The van der Waals surface area contributed by atoms with Gasteiger partial charge in [0.25, 0.3) is 0 Å². The maximum Gasteiger partial charge on any atom is 0.197 e. The number of aliphatic hydroxyl groups is 1. The second-order valence-electron chi connectivity index (χ2n) is 5.26. The fourth-order valence-corrected chi connectivity index (χ4v) is 2.64. The van der Waals surface area contributed by atoms with E-state index in [4.69, 9.17) is 0 Å². The number of pyridine rings is 1. The van der Waals surface area contributed by atoms with E-state index in [0.29, 0.717) is 6.54 Å². The standard InChI is InChI=1S/C17H17NO2/c1-12(11-19)10-18-15-8-4-2-6-13(15)17(20)14-7-3-5-9-16(14)18/h2-9,12,19H,10-11H2,1H3. The minimum Gasteiger partial charge on any atom is -0.396 e. The lowest BCUT2D eigenvalue weighted by Crippen LogP contribution is -2.16. The molecule has 20 heavy (non-hydrogen) atoms. The maximum absolute atomic E-state index is 12.5. The van der Waals surface area contributed by atoms with Crippen LogP contribution >= 0.6 is 0 Å². The molecule has 0 amide bonds. The molecule has 3 rings (SSSR count). The molecule has 3 aromatic rings. The summed E-state index contributed by atoms with van der Waals surface area (Å²) in [5.74, 6) is 0.143. The van der Waals surface area contributed by atoms with Gasteiger partial charge in [0, 0.05) is 23.9 Å². The molecule has 0 saturated carbocycles. The molecule has 0 aliphatic rings. The normalized spacial score (nSPS) is 12.9. The van der Waals surface area contributed by atoms with Crippen LogP contribution in [0.25, 0.3) is 21.8 Å². The van der Waals surface area contributed by atoms with Gasteiger partial charge in [0.1, 0.15) is 0 Å². The molecular weight excluding hydrogens is 250 g/mol. The van der Waals surface area contributed by atoms with Gasteiger partial charge >= 0.3 is 0 Å². The van der Waals surface area contributed by atoms with Gasteiger partial charge in [-0.15, -0.1) is 0 Å². The number of nitrogens with zero attached hydrogens (tertiary/aromatic N) is 1. The number of para-hydroxylation sites is 2. The molecule has 1 atom stereocenters. The zero-order valence-corrected chi connectivity index (χ0v) is 11.4. The van der Waals surface area contributed by atoms with Crippen molar-refractivity contribution in [2.45, 2.75) is 13.5 Å². The number of rotatable bonds is 3. The molecular formula is C17H17NO2. The molecule has 3 nitrogen and oxygen atoms in total. The van der Waals surface area contributed by atoms with E-state index in [1.165, 1.54) is 0 Å². The molecule has 1 N–H and O–H groups in total. The zero-order chi connectivity index (χ0) is 14.1. The van der Waals surface area contributed by atoms with Crippen LogP contribution in [0.2, 0.25) is 0 Å². The summed E-state index contributed by atoms with van der Waals surface area (Å²) < 4.78 is 2.13. The summed E-state index contributed by atoms with van der Waals surface area (Å²) in [4.78, 5) is 12.5. The van der Waals surface area contributed by atoms with Crippen molar-refractivity contribution in [3.8, 4) is 0 Å². The molecule has 1 aromatic heterocycles. The lowest BCUT2D eigenvalue weighted by molar-refractivity contribution is 0.225. The Morgan fingerprint density at radius 3 is 2.00 bits per heavy atom. The van der Waals surface area contributed by atoms with Gasteiger partial charge in [0.15, 0.2) is 5.43 Å². The molecule has 102 valence electrons. The fraction of sp³-hybridized carbons (Fsp3) is 0.235. The van der Waals surface area contributed by atoms with E-state index in [-0.39, 0.29) is 18.0 Å². The molecule has 0 aliphatic heterocycles. The average molecular weight is 267 g/mol.